The lowest BCUT2D eigenvalue weighted by Crippen LogP contribution is -2.29. The minimum atomic E-state index is -0.327. The molecule has 4 atom stereocenters. The van der Waals surface area contributed by atoms with Gasteiger partial charge in [0.25, 0.3) is 0 Å². The third kappa shape index (κ3) is 23.1. The highest BCUT2D eigenvalue weighted by Crippen LogP contribution is 2.09. The van der Waals surface area contributed by atoms with Crippen LogP contribution in [0.1, 0.15) is 47.5 Å². The number of hydrogen-bond acceptors (Lipinski definition) is 11. The molecule has 11 nitrogen and oxygen atoms in total. The number of rotatable bonds is 25. The maximum Gasteiger partial charge on any atom is 0.302 e. The molecule has 0 aliphatic carbocycles. The van der Waals surface area contributed by atoms with Gasteiger partial charge in [0.15, 0.2) is 0 Å². The van der Waals surface area contributed by atoms with E-state index in [1.807, 2.05) is 20.8 Å². The summed E-state index contributed by atoms with van der Waals surface area (Å²) < 4.78 is 49.1. The van der Waals surface area contributed by atoms with Gasteiger partial charge in [-0.3, -0.25) is 9.59 Å². The van der Waals surface area contributed by atoms with Crippen molar-refractivity contribution < 1.29 is 52.2 Å². The molecule has 4 unspecified atom stereocenters. The van der Waals surface area contributed by atoms with Gasteiger partial charge in [0.2, 0.25) is 0 Å². The Morgan fingerprint density at radius 3 is 1.47 bits per heavy atom. The molecule has 0 fully saturated rings. The highest BCUT2D eigenvalue weighted by Gasteiger charge is 2.17. The van der Waals surface area contributed by atoms with Crippen molar-refractivity contribution in [1.82, 2.24) is 0 Å². The fourth-order valence-corrected chi connectivity index (χ4v) is 3.29. The van der Waals surface area contributed by atoms with Crippen LogP contribution < -0.4 is 0 Å². The number of carbonyl (C=O) groups excluding carboxylic acids is 2. The monoisotopic (exact) mass is 524 g/mol. The molecule has 0 aromatic carbocycles. The third-order valence-electron chi connectivity index (χ3n) is 4.69. The van der Waals surface area contributed by atoms with Crippen molar-refractivity contribution in [3.05, 3.63) is 0 Å². The first kappa shape index (κ1) is 34.7. The van der Waals surface area contributed by atoms with Crippen LogP contribution in [-0.2, 0) is 52.2 Å². The second kappa shape index (κ2) is 24.0. The zero-order valence-electron chi connectivity index (χ0n) is 23.0. The van der Waals surface area contributed by atoms with Crippen LogP contribution in [0.2, 0.25) is 0 Å². The highest BCUT2D eigenvalue weighted by molar-refractivity contribution is 5.66. The van der Waals surface area contributed by atoms with Gasteiger partial charge in [-0.1, -0.05) is 0 Å². The second-order valence-corrected chi connectivity index (χ2v) is 8.25. The summed E-state index contributed by atoms with van der Waals surface area (Å²) in [7, 11) is 1.62. The first-order valence-electron chi connectivity index (χ1n) is 12.7. The molecule has 0 aromatic heterocycles. The zero-order chi connectivity index (χ0) is 27.0. The molecular formula is C25H48O11. The Balaban J connectivity index is 4.05. The zero-order valence-corrected chi connectivity index (χ0v) is 23.0. The van der Waals surface area contributed by atoms with Crippen LogP contribution in [0.3, 0.4) is 0 Å². The lowest BCUT2D eigenvalue weighted by atomic mass is 10.2. The summed E-state index contributed by atoms with van der Waals surface area (Å²) in [5.41, 5.74) is 0. The van der Waals surface area contributed by atoms with Crippen molar-refractivity contribution >= 4 is 11.9 Å². The van der Waals surface area contributed by atoms with Gasteiger partial charge in [0, 0.05) is 40.4 Å². The Morgan fingerprint density at radius 2 is 1.03 bits per heavy atom. The number of ether oxygens (including phenoxy) is 9. The molecule has 0 saturated heterocycles. The first-order valence-corrected chi connectivity index (χ1v) is 12.7. The minimum absolute atomic E-state index is 0.149. The van der Waals surface area contributed by atoms with Crippen molar-refractivity contribution in [2.45, 2.75) is 71.9 Å². The SMILES string of the molecule is CCOC(COCCOCCOCC(CC(C)OC(C)=O)OCCOCCOC)CC(C)OC(C)=O. The largest absolute Gasteiger partial charge is 0.463 e. The van der Waals surface area contributed by atoms with E-state index in [1.54, 1.807) is 7.11 Å². The molecule has 0 spiro atoms. The minimum Gasteiger partial charge on any atom is -0.463 e. The molecule has 0 N–H and O–H groups in total. The highest BCUT2D eigenvalue weighted by atomic mass is 16.6. The Hall–Kier alpha value is -1.34. The average Bonchev–Trinajstić information content (AvgIpc) is 2.78. The van der Waals surface area contributed by atoms with Crippen LogP contribution >= 0.6 is 0 Å². The summed E-state index contributed by atoms with van der Waals surface area (Å²) in [5, 5.41) is 0. The van der Waals surface area contributed by atoms with Crippen LogP contribution in [0, 0.1) is 0 Å². The summed E-state index contributed by atoms with van der Waals surface area (Å²) in [6.45, 7) is 13.2. The van der Waals surface area contributed by atoms with E-state index >= 15 is 0 Å². The quantitative estimate of drug-likeness (QED) is 0.129. The van der Waals surface area contributed by atoms with E-state index in [0.717, 1.165) is 0 Å². The molecule has 0 aromatic rings. The summed E-state index contributed by atoms with van der Waals surface area (Å²) in [6.07, 6.45) is 0.188. The fraction of sp³-hybridized carbons (Fsp3) is 0.920. The molecule has 0 amide bonds. The third-order valence-corrected chi connectivity index (χ3v) is 4.69. The molecule has 0 rings (SSSR count). The standard InChI is InChI=1S/C25H48O11/c1-7-33-24(16-20(2)35-22(4)26)18-31-12-10-30-11-13-32-19-25(17-21(3)36-23(5)27)34-15-14-29-9-8-28-6/h20-21,24-25H,7-19H2,1-6H3. The van der Waals surface area contributed by atoms with Gasteiger partial charge in [0.1, 0.15) is 12.2 Å². The van der Waals surface area contributed by atoms with Crippen LogP contribution in [0.25, 0.3) is 0 Å². The maximum absolute atomic E-state index is 11.2. The van der Waals surface area contributed by atoms with E-state index in [9.17, 15) is 9.59 Å². The number of carbonyl (C=O) groups is 2. The smallest absolute Gasteiger partial charge is 0.302 e. The molecule has 0 saturated carbocycles. The van der Waals surface area contributed by atoms with Crippen molar-refractivity contribution in [2.75, 3.05) is 79.8 Å². The Bertz CT molecular complexity index is 532. The summed E-state index contributed by atoms with van der Waals surface area (Å²) in [6, 6.07) is 0. The maximum atomic E-state index is 11.2. The van der Waals surface area contributed by atoms with Crippen LogP contribution in [0.4, 0.5) is 0 Å². The summed E-state index contributed by atoms with van der Waals surface area (Å²) in [4.78, 5) is 22.2. The van der Waals surface area contributed by atoms with E-state index in [2.05, 4.69) is 0 Å². The van der Waals surface area contributed by atoms with Gasteiger partial charge < -0.3 is 42.6 Å². The van der Waals surface area contributed by atoms with Gasteiger partial charge in [-0.05, 0) is 20.8 Å². The van der Waals surface area contributed by atoms with Crippen molar-refractivity contribution in [3.63, 3.8) is 0 Å². The molecule has 214 valence electrons. The van der Waals surface area contributed by atoms with E-state index in [4.69, 9.17) is 42.6 Å². The molecule has 0 bridgehead atoms. The van der Waals surface area contributed by atoms with E-state index in [1.165, 1.54) is 13.8 Å². The fourth-order valence-electron chi connectivity index (χ4n) is 3.29. The Kier molecular flexibility index (Phi) is 23.1. The van der Waals surface area contributed by atoms with Crippen molar-refractivity contribution in [3.8, 4) is 0 Å². The lowest BCUT2D eigenvalue weighted by Gasteiger charge is -2.22. The number of methoxy groups -OCH3 is 1. The number of esters is 2. The molecule has 0 heterocycles. The van der Waals surface area contributed by atoms with Crippen molar-refractivity contribution in [2.24, 2.45) is 0 Å². The lowest BCUT2D eigenvalue weighted by molar-refractivity contribution is -0.149. The van der Waals surface area contributed by atoms with Crippen LogP contribution in [-0.4, -0.2) is 116 Å². The summed E-state index contributed by atoms with van der Waals surface area (Å²) >= 11 is 0. The van der Waals surface area contributed by atoms with Crippen molar-refractivity contribution in [1.29, 1.82) is 0 Å². The normalized spacial score (nSPS) is 14.7. The van der Waals surface area contributed by atoms with E-state index in [0.29, 0.717) is 85.5 Å². The van der Waals surface area contributed by atoms with Gasteiger partial charge in [-0.2, -0.15) is 0 Å². The number of hydrogen-bond donors (Lipinski definition) is 0. The predicted molar refractivity (Wildman–Crippen MR) is 132 cm³/mol. The summed E-state index contributed by atoms with van der Waals surface area (Å²) in [5.74, 6) is -0.634. The van der Waals surface area contributed by atoms with Gasteiger partial charge >= 0.3 is 11.9 Å². The van der Waals surface area contributed by atoms with E-state index < -0.39 is 0 Å². The van der Waals surface area contributed by atoms with E-state index in [-0.39, 0.29) is 36.4 Å². The molecule has 11 heteroatoms. The second-order valence-electron chi connectivity index (χ2n) is 8.25. The molecular weight excluding hydrogens is 476 g/mol. The van der Waals surface area contributed by atoms with Gasteiger partial charge in [0.05, 0.1) is 78.3 Å². The Morgan fingerprint density at radius 1 is 0.611 bits per heavy atom. The molecule has 0 radical (unpaired) electrons. The molecule has 0 aliphatic heterocycles. The van der Waals surface area contributed by atoms with Crippen LogP contribution in [0.5, 0.6) is 0 Å². The average molecular weight is 525 g/mol. The van der Waals surface area contributed by atoms with Gasteiger partial charge in [-0.25, -0.2) is 0 Å². The Labute approximate surface area is 216 Å². The molecule has 0 aliphatic rings. The van der Waals surface area contributed by atoms with Gasteiger partial charge in [-0.15, -0.1) is 0 Å². The van der Waals surface area contributed by atoms with Crippen LogP contribution in [0.15, 0.2) is 0 Å². The molecule has 36 heavy (non-hydrogen) atoms. The first-order chi connectivity index (χ1) is 17.3. The topological polar surface area (TPSA) is 117 Å². The predicted octanol–water partition coefficient (Wildman–Crippen LogP) is 2.17.